The summed E-state index contributed by atoms with van der Waals surface area (Å²) in [7, 11) is 0. The van der Waals surface area contributed by atoms with Crippen molar-refractivity contribution in [2.24, 2.45) is 0 Å². The van der Waals surface area contributed by atoms with Crippen molar-refractivity contribution in [1.82, 2.24) is 10.3 Å². The Morgan fingerprint density at radius 3 is 2.80 bits per heavy atom. The minimum absolute atomic E-state index is 0.122. The summed E-state index contributed by atoms with van der Waals surface area (Å²) in [6.07, 6.45) is 1.72. The summed E-state index contributed by atoms with van der Waals surface area (Å²) in [5, 5.41) is 4.81. The molecule has 76 valence electrons. The van der Waals surface area contributed by atoms with Crippen LogP contribution < -0.4 is 5.32 Å². The van der Waals surface area contributed by atoms with Crippen molar-refractivity contribution < 1.29 is 4.79 Å². The van der Waals surface area contributed by atoms with Crippen LogP contribution in [0.2, 0.25) is 0 Å². The summed E-state index contributed by atoms with van der Waals surface area (Å²) in [6, 6.07) is 9.66. The first-order chi connectivity index (χ1) is 7.31. The Balaban J connectivity index is 2.42. The third-order valence-corrected chi connectivity index (χ3v) is 2.20. The fraction of sp³-hybridized carbons (Fsp3) is 0.167. The number of rotatable bonds is 2. The molecule has 3 heteroatoms. The zero-order valence-electron chi connectivity index (χ0n) is 8.53. The van der Waals surface area contributed by atoms with Crippen molar-refractivity contribution in [3.05, 3.63) is 42.2 Å². The topological polar surface area (TPSA) is 42.0 Å². The highest BCUT2D eigenvalue weighted by molar-refractivity contribution is 5.96. The lowest BCUT2D eigenvalue weighted by molar-refractivity contribution is 0.0951. The standard InChI is InChI=1S/C12H12N2O/c1-2-13-12(15)11-7-9-5-3-4-6-10(9)8-14-11/h3-8H,2H2,1H3,(H,13,15). The molecule has 1 amide bonds. The van der Waals surface area contributed by atoms with E-state index in [4.69, 9.17) is 0 Å². The maximum absolute atomic E-state index is 11.5. The number of hydrogen-bond acceptors (Lipinski definition) is 2. The van der Waals surface area contributed by atoms with Crippen LogP contribution in [-0.4, -0.2) is 17.4 Å². The van der Waals surface area contributed by atoms with Crippen LogP contribution in [0.4, 0.5) is 0 Å². The van der Waals surface area contributed by atoms with Gasteiger partial charge in [0.2, 0.25) is 0 Å². The molecule has 0 saturated carbocycles. The molecule has 2 aromatic rings. The molecule has 0 saturated heterocycles. The maximum atomic E-state index is 11.5. The molecule has 15 heavy (non-hydrogen) atoms. The second-order valence-electron chi connectivity index (χ2n) is 3.28. The molecule has 1 heterocycles. The molecule has 0 bridgehead atoms. The number of hydrogen-bond donors (Lipinski definition) is 1. The maximum Gasteiger partial charge on any atom is 0.269 e. The van der Waals surface area contributed by atoms with Gasteiger partial charge >= 0.3 is 0 Å². The molecular formula is C12H12N2O. The number of nitrogens with one attached hydrogen (secondary N) is 1. The van der Waals surface area contributed by atoms with Gasteiger partial charge in [0.1, 0.15) is 5.69 Å². The first-order valence-corrected chi connectivity index (χ1v) is 4.94. The Bertz CT molecular complexity index is 494. The molecule has 1 aromatic heterocycles. The third kappa shape index (κ3) is 1.96. The minimum Gasteiger partial charge on any atom is -0.351 e. The number of carbonyl (C=O) groups excluding carboxylic acids is 1. The Morgan fingerprint density at radius 1 is 1.33 bits per heavy atom. The van der Waals surface area contributed by atoms with Crippen molar-refractivity contribution in [2.75, 3.05) is 6.54 Å². The monoisotopic (exact) mass is 200 g/mol. The SMILES string of the molecule is CCNC(=O)c1cc2ccccc2cn1. The van der Waals surface area contributed by atoms with Gasteiger partial charge in [0.25, 0.3) is 5.91 Å². The van der Waals surface area contributed by atoms with E-state index < -0.39 is 0 Å². The highest BCUT2D eigenvalue weighted by atomic mass is 16.1. The van der Waals surface area contributed by atoms with E-state index in [1.165, 1.54) is 0 Å². The van der Waals surface area contributed by atoms with Crippen LogP contribution in [0, 0.1) is 0 Å². The molecule has 0 aliphatic rings. The van der Waals surface area contributed by atoms with Crippen LogP contribution in [0.5, 0.6) is 0 Å². The van der Waals surface area contributed by atoms with Gasteiger partial charge in [0.15, 0.2) is 0 Å². The smallest absolute Gasteiger partial charge is 0.269 e. The largest absolute Gasteiger partial charge is 0.351 e. The number of benzene rings is 1. The normalized spacial score (nSPS) is 10.2. The van der Waals surface area contributed by atoms with Crippen molar-refractivity contribution in [3.8, 4) is 0 Å². The summed E-state index contributed by atoms with van der Waals surface area (Å²) in [6.45, 7) is 2.51. The quantitative estimate of drug-likeness (QED) is 0.805. The summed E-state index contributed by atoms with van der Waals surface area (Å²) in [5.74, 6) is -0.122. The van der Waals surface area contributed by atoms with Gasteiger partial charge in [-0.3, -0.25) is 9.78 Å². The molecule has 0 radical (unpaired) electrons. The summed E-state index contributed by atoms with van der Waals surface area (Å²) in [4.78, 5) is 15.6. The first-order valence-electron chi connectivity index (χ1n) is 4.94. The van der Waals surface area contributed by atoms with Crippen molar-refractivity contribution >= 4 is 16.7 Å². The fourth-order valence-electron chi connectivity index (χ4n) is 1.46. The summed E-state index contributed by atoms with van der Waals surface area (Å²) >= 11 is 0. The summed E-state index contributed by atoms with van der Waals surface area (Å²) in [5.41, 5.74) is 0.468. The van der Waals surface area contributed by atoms with Gasteiger partial charge in [-0.25, -0.2) is 0 Å². The van der Waals surface area contributed by atoms with Gasteiger partial charge < -0.3 is 5.32 Å². The Hall–Kier alpha value is -1.90. The average molecular weight is 200 g/mol. The van der Waals surface area contributed by atoms with Crippen LogP contribution in [0.3, 0.4) is 0 Å². The number of fused-ring (bicyclic) bond motifs is 1. The Kier molecular flexibility index (Phi) is 2.63. The van der Waals surface area contributed by atoms with E-state index in [-0.39, 0.29) is 5.91 Å². The van der Waals surface area contributed by atoms with Gasteiger partial charge in [-0.05, 0) is 18.4 Å². The molecular weight excluding hydrogens is 188 g/mol. The highest BCUT2D eigenvalue weighted by Gasteiger charge is 2.05. The molecule has 2 rings (SSSR count). The van der Waals surface area contributed by atoms with E-state index in [1.54, 1.807) is 12.3 Å². The van der Waals surface area contributed by atoms with Gasteiger partial charge in [0.05, 0.1) is 0 Å². The zero-order valence-corrected chi connectivity index (χ0v) is 8.53. The lowest BCUT2D eigenvalue weighted by Crippen LogP contribution is -2.23. The van der Waals surface area contributed by atoms with E-state index in [1.807, 2.05) is 31.2 Å². The third-order valence-electron chi connectivity index (χ3n) is 2.20. The highest BCUT2D eigenvalue weighted by Crippen LogP contribution is 2.12. The Labute approximate surface area is 88.1 Å². The van der Waals surface area contributed by atoms with Crippen LogP contribution in [0.25, 0.3) is 10.8 Å². The molecule has 3 nitrogen and oxygen atoms in total. The van der Waals surface area contributed by atoms with Gasteiger partial charge in [0, 0.05) is 18.1 Å². The molecule has 0 aliphatic heterocycles. The lowest BCUT2D eigenvalue weighted by atomic mass is 10.1. The lowest BCUT2D eigenvalue weighted by Gasteiger charge is -2.02. The molecule has 0 fully saturated rings. The van der Waals surface area contributed by atoms with Gasteiger partial charge in [-0.1, -0.05) is 24.3 Å². The number of pyridine rings is 1. The first kappa shape index (κ1) is 9.65. The predicted molar refractivity (Wildman–Crippen MR) is 59.8 cm³/mol. The van der Waals surface area contributed by atoms with E-state index in [2.05, 4.69) is 10.3 Å². The average Bonchev–Trinajstić information content (AvgIpc) is 2.29. The number of aromatic nitrogens is 1. The number of amides is 1. The molecule has 0 spiro atoms. The molecule has 0 unspecified atom stereocenters. The molecule has 1 aromatic carbocycles. The molecule has 1 N–H and O–H groups in total. The molecule has 0 aliphatic carbocycles. The van der Waals surface area contributed by atoms with Crippen molar-refractivity contribution in [1.29, 1.82) is 0 Å². The van der Waals surface area contributed by atoms with E-state index in [9.17, 15) is 4.79 Å². The van der Waals surface area contributed by atoms with Crippen LogP contribution in [0.1, 0.15) is 17.4 Å². The van der Waals surface area contributed by atoms with Crippen LogP contribution >= 0.6 is 0 Å². The van der Waals surface area contributed by atoms with Crippen molar-refractivity contribution in [2.45, 2.75) is 6.92 Å². The van der Waals surface area contributed by atoms with Gasteiger partial charge in [-0.2, -0.15) is 0 Å². The van der Waals surface area contributed by atoms with Crippen LogP contribution in [-0.2, 0) is 0 Å². The van der Waals surface area contributed by atoms with Gasteiger partial charge in [-0.15, -0.1) is 0 Å². The van der Waals surface area contributed by atoms with E-state index in [0.717, 1.165) is 10.8 Å². The minimum atomic E-state index is -0.122. The Morgan fingerprint density at radius 2 is 2.07 bits per heavy atom. The second-order valence-corrected chi connectivity index (χ2v) is 3.28. The van der Waals surface area contributed by atoms with E-state index in [0.29, 0.717) is 12.2 Å². The molecule has 0 atom stereocenters. The fourth-order valence-corrected chi connectivity index (χ4v) is 1.46. The van der Waals surface area contributed by atoms with E-state index >= 15 is 0 Å². The zero-order chi connectivity index (χ0) is 10.7. The van der Waals surface area contributed by atoms with Crippen LogP contribution in [0.15, 0.2) is 36.5 Å². The number of nitrogens with zero attached hydrogens (tertiary/aromatic N) is 1. The van der Waals surface area contributed by atoms with Crippen molar-refractivity contribution in [3.63, 3.8) is 0 Å². The number of carbonyl (C=O) groups is 1. The second kappa shape index (κ2) is 4.09. The summed E-state index contributed by atoms with van der Waals surface area (Å²) < 4.78 is 0. The predicted octanol–water partition coefficient (Wildman–Crippen LogP) is 1.98.